The van der Waals surface area contributed by atoms with Crippen molar-refractivity contribution in [2.24, 2.45) is 17.8 Å². The predicted octanol–water partition coefficient (Wildman–Crippen LogP) is 2.93. The number of rotatable bonds is 42. The lowest BCUT2D eigenvalue weighted by Crippen LogP contribution is -2.66. The molecule has 38 heteroatoms. The van der Waals surface area contributed by atoms with Gasteiger partial charge < -0.3 is 82.1 Å². The number of unbranched alkanes of at least 4 members (excludes halogenated alkanes) is 2. The smallest absolute Gasteiger partial charge is 0.311 e. The van der Waals surface area contributed by atoms with Crippen LogP contribution < -0.4 is 57.9 Å². The average Bonchev–Trinajstić information content (AvgIpc) is 1.81. The molecule has 0 saturated heterocycles. The van der Waals surface area contributed by atoms with E-state index in [1.165, 1.54) is 37.4 Å². The summed E-state index contributed by atoms with van der Waals surface area (Å²) in [6.07, 6.45) is 1.74. The largest absolute Gasteiger partial charge is 0.481 e. The fourth-order valence-electron chi connectivity index (χ4n) is 12.7. The quantitative estimate of drug-likeness (QED) is 0.0197. The molecule has 5 rings (SSSR count). The molecule has 0 bridgehead atoms. The summed E-state index contributed by atoms with van der Waals surface area (Å²) >= 11 is 1.05. The highest BCUT2D eigenvalue weighted by Crippen LogP contribution is 2.32. The second kappa shape index (κ2) is 50.8. The molecule has 1 aromatic carbocycles. The molecule has 11 N–H and O–H groups in total. The number of amides is 15. The summed E-state index contributed by atoms with van der Waals surface area (Å²) < 4.78 is 22.4. The minimum Gasteiger partial charge on any atom is -0.481 e. The van der Waals surface area contributed by atoms with E-state index in [2.05, 4.69) is 58.2 Å². The van der Waals surface area contributed by atoms with E-state index in [-0.39, 0.29) is 201 Å². The van der Waals surface area contributed by atoms with Crippen molar-refractivity contribution in [2.45, 2.75) is 246 Å². The maximum Gasteiger partial charge on any atom is 0.311 e. The third kappa shape index (κ3) is 35.3. The van der Waals surface area contributed by atoms with E-state index in [4.69, 9.17) is 18.9 Å². The first kappa shape index (κ1) is 98.7. The van der Waals surface area contributed by atoms with Gasteiger partial charge in [-0.2, -0.15) is 0 Å². The Morgan fingerprint density at radius 2 is 1.16 bits per heavy atom. The van der Waals surface area contributed by atoms with Gasteiger partial charge in [0.15, 0.2) is 11.9 Å². The minimum absolute atomic E-state index is 0.0529. The fraction of sp³-hybridized carbons (Fsp3) is 0.617. The molecule has 0 spiro atoms. The number of anilines is 1. The lowest BCUT2D eigenvalue weighted by atomic mass is 9.95. The number of carboxylic acid groups (broad SMARTS) is 1. The number of nitrogens with zero attached hydrogens (tertiary/aromatic N) is 4. The SMILES string of the molecule is CC[C@H](C)CC(=O)N(C)C(C[C@@H](OC(C)=O)c1nc(C(=O)NC(Cc2ccc3c(c2)NC(=O)CCCNC(=O)[C@H](CCCCNC(=O)COC(C)C)NC(=O)[C@H](NC(=O)CCCN2C(=O)C=CC2=O)[C@H](NC(=O)CCCN2C(=O)C=CC2=O)C(=O)N[C@@H](CCCCNC(=O)COC(C)C)C(=O)NCCCC(=O)O3)C[C@H](C)C(=O)O)cs1)C(C)C. The third-order valence-electron chi connectivity index (χ3n) is 19.6. The van der Waals surface area contributed by atoms with Crippen LogP contribution in [-0.4, -0.2) is 239 Å². The van der Waals surface area contributed by atoms with Crippen LogP contribution in [0.4, 0.5) is 5.69 Å². The zero-order valence-electron chi connectivity index (χ0n) is 69.8. The number of aromatic nitrogens is 1. The van der Waals surface area contributed by atoms with Crippen LogP contribution in [0.1, 0.15) is 212 Å². The van der Waals surface area contributed by atoms with Crippen LogP contribution in [0.25, 0.3) is 0 Å². The summed E-state index contributed by atoms with van der Waals surface area (Å²) in [4.78, 5) is 252. The number of nitrogens with one attached hydrogen (secondary N) is 10. The molecular formula is C81H118N14O23S. The highest BCUT2D eigenvalue weighted by Gasteiger charge is 2.41. The molecule has 37 nitrogen and oxygen atoms in total. The number of carboxylic acids is 1. The van der Waals surface area contributed by atoms with Crippen molar-refractivity contribution in [1.29, 1.82) is 0 Å². The topological polar surface area (TPSA) is 507 Å². The van der Waals surface area contributed by atoms with E-state index in [0.29, 0.717) is 12.0 Å². The molecule has 119 heavy (non-hydrogen) atoms. The summed E-state index contributed by atoms with van der Waals surface area (Å²) in [6, 6.07) is -4.41. The standard InChI is InChI=1S/C81H118N14O23S/c1-12-50(8)39-71(106)93(11)59(47(2)3)43-61(117-52(10)96)80-90-58(46-119-80)77(110)86-54(40-51(9)81(113)114)41-53-27-28-60-57(42-53)87-62(97)23-17-35-84-75(108)55(21-13-15-33-82-65(100)44-115-48(4)5)88-78(111)73(91-63(98)24-19-37-94-67(102)29-30-68(94)103)74(92-64(99)25-20-38-95-69(104)31-32-70(95)105)79(112)89-56(76(109)85-36-18-26-72(107)118-60)22-14-16-34-83-66(101)45-116-49(6)7/h27-32,42,46-51,54-56,59,61,73-74H,12-26,33-41,43-45H2,1-11H3,(H,82,100)(H,83,101)(H,84,108)(H,85,109)(H,86,110)(H,87,97)(H,88,111)(H,89,112)(H,91,98)(H,92,99)(H,113,114)/t50-,51-,54?,55-,56-,59?,61+,73+,74-/m0/s1. The van der Waals surface area contributed by atoms with Gasteiger partial charge in [0, 0.05) is 134 Å². The third-order valence-corrected chi connectivity index (χ3v) is 20.5. The number of thiazole rings is 1. The van der Waals surface area contributed by atoms with E-state index < -0.39 is 162 Å². The Kier molecular flexibility index (Phi) is 42.1. The summed E-state index contributed by atoms with van der Waals surface area (Å²) in [5.74, 6) is -14.9. The number of benzene rings is 1. The number of aliphatic carboxylic acids is 1. The van der Waals surface area contributed by atoms with Gasteiger partial charge in [-0.1, -0.05) is 47.1 Å². The van der Waals surface area contributed by atoms with E-state index in [0.717, 1.165) is 51.9 Å². The van der Waals surface area contributed by atoms with Crippen molar-refractivity contribution >= 4 is 124 Å². The van der Waals surface area contributed by atoms with E-state index in [9.17, 15) is 81.8 Å². The zero-order valence-corrected chi connectivity index (χ0v) is 70.6. The minimum atomic E-state index is -2.18. The van der Waals surface area contributed by atoms with Crippen LogP contribution in [0.3, 0.4) is 0 Å². The summed E-state index contributed by atoms with van der Waals surface area (Å²) in [7, 11) is 1.70. The van der Waals surface area contributed by atoms with Gasteiger partial charge in [0.2, 0.25) is 59.1 Å². The predicted molar refractivity (Wildman–Crippen MR) is 432 cm³/mol. The number of ether oxygens (including phenoxy) is 4. The molecule has 4 heterocycles. The van der Waals surface area contributed by atoms with Gasteiger partial charge in [-0.25, -0.2) is 4.98 Å². The first-order chi connectivity index (χ1) is 56.4. The molecule has 2 aromatic rings. The molecule has 9 atom stereocenters. The highest BCUT2D eigenvalue weighted by molar-refractivity contribution is 7.09. The van der Waals surface area contributed by atoms with E-state index in [1.54, 1.807) is 39.6 Å². The van der Waals surface area contributed by atoms with Crippen LogP contribution in [0.2, 0.25) is 0 Å². The normalized spacial score (nSPS) is 18.6. The molecule has 3 aliphatic heterocycles. The van der Waals surface area contributed by atoms with Crippen molar-refractivity contribution in [3.63, 3.8) is 0 Å². The van der Waals surface area contributed by atoms with Gasteiger partial charge in [-0.05, 0) is 134 Å². The maximum atomic E-state index is 15.3. The monoisotopic (exact) mass is 1690 g/mol. The number of fused-ring (bicyclic) bond motifs is 1. The molecule has 0 fully saturated rings. The number of hydrogen-bond acceptors (Lipinski definition) is 24. The number of carbonyl (C=O) groups is 18. The molecule has 15 amide bonds. The number of esters is 2. The summed E-state index contributed by atoms with van der Waals surface area (Å²) in [5, 5.41) is 38.5. The van der Waals surface area contributed by atoms with Crippen molar-refractivity contribution in [3.05, 3.63) is 64.1 Å². The van der Waals surface area contributed by atoms with Crippen molar-refractivity contribution < 1.29 is 110 Å². The first-order valence-electron chi connectivity index (χ1n) is 40.6. The van der Waals surface area contributed by atoms with Crippen molar-refractivity contribution in [3.8, 4) is 5.75 Å². The van der Waals surface area contributed by atoms with Crippen molar-refractivity contribution in [1.82, 2.24) is 67.5 Å². The van der Waals surface area contributed by atoms with Gasteiger partial charge in [0.05, 0.1) is 23.8 Å². The molecule has 0 saturated carbocycles. The van der Waals surface area contributed by atoms with Crippen LogP contribution >= 0.6 is 11.3 Å². The Morgan fingerprint density at radius 3 is 1.63 bits per heavy atom. The van der Waals surface area contributed by atoms with E-state index >= 15 is 9.59 Å². The summed E-state index contributed by atoms with van der Waals surface area (Å²) in [5.41, 5.74) is 0.266. The molecule has 2 unspecified atom stereocenters. The molecule has 1 aromatic heterocycles. The lowest BCUT2D eigenvalue weighted by molar-refractivity contribution is -0.149. The average molecular weight is 1690 g/mol. The molecule has 0 aliphatic carbocycles. The van der Waals surface area contributed by atoms with Gasteiger partial charge in [-0.3, -0.25) is 96.1 Å². The van der Waals surface area contributed by atoms with Crippen molar-refractivity contribution in [2.75, 3.05) is 64.8 Å². The van der Waals surface area contributed by atoms with Crippen LogP contribution in [0.15, 0.2) is 47.9 Å². The van der Waals surface area contributed by atoms with Crippen LogP contribution in [0, 0.1) is 17.8 Å². The first-order valence-corrected chi connectivity index (χ1v) is 41.5. The molecule has 3 aliphatic rings. The second-order valence-electron chi connectivity index (χ2n) is 30.6. The fourth-order valence-corrected chi connectivity index (χ4v) is 13.6. The molecular weight excluding hydrogens is 1570 g/mol. The Hall–Kier alpha value is -10.9. The van der Waals surface area contributed by atoms with Gasteiger partial charge in [-0.15, -0.1) is 11.3 Å². The number of carbonyl (C=O) groups excluding carboxylic acids is 17. The zero-order chi connectivity index (χ0) is 88.0. The van der Waals surface area contributed by atoms with Crippen LogP contribution in [-0.2, 0) is 102 Å². The lowest BCUT2D eigenvalue weighted by Gasteiger charge is -2.34. The van der Waals surface area contributed by atoms with Crippen LogP contribution in [0.5, 0.6) is 5.75 Å². The number of imide groups is 2. The number of hydrogen-bond donors (Lipinski definition) is 11. The van der Waals surface area contributed by atoms with Gasteiger partial charge >= 0.3 is 17.9 Å². The Labute approximate surface area is 696 Å². The Morgan fingerprint density at radius 1 is 0.655 bits per heavy atom. The maximum absolute atomic E-state index is 15.3. The molecule has 0 radical (unpaired) electrons. The van der Waals surface area contributed by atoms with E-state index in [1.807, 2.05) is 27.7 Å². The van der Waals surface area contributed by atoms with Gasteiger partial charge in [0.25, 0.3) is 29.5 Å². The summed E-state index contributed by atoms with van der Waals surface area (Å²) in [6.45, 7) is 16.1. The second-order valence-corrected chi connectivity index (χ2v) is 31.5. The highest BCUT2D eigenvalue weighted by atomic mass is 32.1. The van der Waals surface area contributed by atoms with Gasteiger partial charge in [0.1, 0.15) is 48.1 Å². The Balaban J connectivity index is 1.53. The Bertz CT molecular complexity index is 3940. The molecule has 656 valence electrons.